The van der Waals surface area contributed by atoms with Crippen molar-refractivity contribution in [2.75, 3.05) is 19.8 Å². The molecule has 1 N–H and O–H groups in total. The molecule has 0 radical (unpaired) electrons. The molecule has 2 aliphatic rings. The van der Waals surface area contributed by atoms with Gasteiger partial charge in [0.05, 0.1) is 41.3 Å². The van der Waals surface area contributed by atoms with Crippen LogP contribution >= 0.6 is 0 Å². The number of carboxylic acids is 1. The van der Waals surface area contributed by atoms with Crippen LogP contribution in [0.1, 0.15) is 21.5 Å². The maximum absolute atomic E-state index is 11.6. The number of hydrogen-bond donors (Lipinski definition) is 1. The van der Waals surface area contributed by atoms with E-state index in [-0.39, 0.29) is 35.0 Å². The molecule has 10 nitrogen and oxygen atoms in total. The maximum atomic E-state index is 11.6. The minimum Gasteiger partial charge on any atom is -0.478 e. The van der Waals surface area contributed by atoms with E-state index in [0.29, 0.717) is 25.2 Å². The molecular weight excluding hydrogens is 430 g/mol. The van der Waals surface area contributed by atoms with Gasteiger partial charge in [0.15, 0.2) is 0 Å². The van der Waals surface area contributed by atoms with Gasteiger partial charge in [0.25, 0.3) is 15.8 Å². The van der Waals surface area contributed by atoms with Crippen LogP contribution in [0, 0.1) is 17.0 Å². The molecule has 31 heavy (non-hydrogen) atoms. The molecule has 2 aromatic rings. The van der Waals surface area contributed by atoms with E-state index in [0.717, 1.165) is 5.56 Å². The van der Waals surface area contributed by atoms with Crippen molar-refractivity contribution < 1.29 is 36.9 Å². The van der Waals surface area contributed by atoms with Crippen LogP contribution < -0.4 is 0 Å². The smallest absolute Gasteiger partial charge is 0.335 e. The molecule has 11 heteroatoms. The first-order valence-electron chi connectivity index (χ1n) is 9.35. The highest BCUT2D eigenvalue weighted by Gasteiger charge is 2.27. The predicted molar refractivity (Wildman–Crippen MR) is 108 cm³/mol. The molecule has 4 rings (SSSR count). The number of non-ortho nitro benzene ring substituents is 1. The minimum atomic E-state index is -3.61. The number of carbonyl (C=O) groups is 1. The van der Waals surface area contributed by atoms with Crippen molar-refractivity contribution in [3.8, 4) is 0 Å². The summed E-state index contributed by atoms with van der Waals surface area (Å²) in [4.78, 5) is 21.1. The number of aromatic carboxylic acids is 1. The number of benzene rings is 2. The number of epoxide rings is 2. The van der Waals surface area contributed by atoms with Crippen molar-refractivity contribution in [3.05, 3.63) is 69.3 Å². The van der Waals surface area contributed by atoms with Crippen LogP contribution in [0.2, 0.25) is 0 Å². The van der Waals surface area contributed by atoms with Gasteiger partial charge < -0.3 is 14.6 Å². The van der Waals surface area contributed by atoms with Crippen LogP contribution in [0.5, 0.6) is 0 Å². The topological polar surface area (TPSA) is 149 Å². The van der Waals surface area contributed by atoms with Gasteiger partial charge in [-0.05, 0) is 30.7 Å². The largest absolute Gasteiger partial charge is 0.478 e. The average Bonchev–Trinajstić information content (AvgIpc) is 3.62. The summed E-state index contributed by atoms with van der Waals surface area (Å²) in [5.41, 5.74) is 1.46. The second-order valence-electron chi connectivity index (χ2n) is 7.07. The fourth-order valence-corrected chi connectivity index (χ4v) is 3.54. The van der Waals surface area contributed by atoms with Crippen LogP contribution in [-0.2, 0) is 30.2 Å². The third-order valence-electron chi connectivity index (χ3n) is 4.50. The number of hydrogen-bond acceptors (Lipinski definition) is 8. The molecule has 2 saturated heterocycles. The molecule has 2 atom stereocenters. The van der Waals surface area contributed by atoms with Crippen LogP contribution in [-0.4, -0.2) is 56.4 Å². The summed E-state index contributed by atoms with van der Waals surface area (Å²) in [6.45, 7) is 3.18. The highest BCUT2D eigenvalue weighted by atomic mass is 32.2. The van der Waals surface area contributed by atoms with Crippen molar-refractivity contribution in [2.24, 2.45) is 0 Å². The molecule has 0 aromatic heterocycles. The number of nitro benzene ring substituents is 1. The van der Waals surface area contributed by atoms with E-state index < -0.39 is 21.0 Å². The summed E-state index contributed by atoms with van der Waals surface area (Å²) in [6, 6.07) is 10.3. The average molecular weight is 451 g/mol. The van der Waals surface area contributed by atoms with Crippen molar-refractivity contribution in [2.45, 2.75) is 30.4 Å². The Kier molecular flexibility index (Phi) is 7.01. The van der Waals surface area contributed by atoms with E-state index in [9.17, 15) is 23.3 Å². The zero-order chi connectivity index (χ0) is 22.6. The molecular formula is C20H21NO9S. The number of rotatable bonds is 8. The molecule has 0 amide bonds. The van der Waals surface area contributed by atoms with Crippen molar-refractivity contribution >= 4 is 21.8 Å². The molecule has 0 aliphatic carbocycles. The van der Waals surface area contributed by atoms with Crippen molar-refractivity contribution in [1.82, 2.24) is 0 Å². The molecule has 2 fully saturated rings. The normalized spacial score (nSPS) is 19.1. The van der Waals surface area contributed by atoms with E-state index >= 15 is 0 Å². The first kappa shape index (κ1) is 22.8. The Morgan fingerprint density at radius 2 is 1.77 bits per heavy atom. The lowest BCUT2D eigenvalue weighted by atomic mass is 10.0. The Labute approximate surface area is 178 Å². The molecule has 0 bridgehead atoms. The van der Waals surface area contributed by atoms with Gasteiger partial charge in [0.1, 0.15) is 6.10 Å². The lowest BCUT2D eigenvalue weighted by Crippen LogP contribution is -2.10. The number of nitrogens with zero attached hydrogens (tertiary/aromatic N) is 1. The molecule has 0 spiro atoms. The van der Waals surface area contributed by atoms with Gasteiger partial charge in [-0.25, -0.2) is 4.79 Å². The number of nitro groups is 1. The number of aryl methyl sites for hydroxylation is 1. The van der Waals surface area contributed by atoms with E-state index in [4.69, 9.17) is 18.8 Å². The first-order valence-corrected chi connectivity index (χ1v) is 10.8. The third-order valence-corrected chi connectivity index (χ3v) is 5.80. The van der Waals surface area contributed by atoms with Gasteiger partial charge >= 0.3 is 5.97 Å². The lowest BCUT2D eigenvalue weighted by molar-refractivity contribution is -0.384. The van der Waals surface area contributed by atoms with E-state index in [1.807, 2.05) is 6.92 Å². The van der Waals surface area contributed by atoms with Crippen LogP contribution in [0.15, 0.2) is 47.4 Å². The zero-order valence-corrected chi connectivity index (χ0v) is 17.4. The Balaban J connectivity index is 0.000000176. The van der Waals surface area contributed by atoms with E-state index in [1.165, 1.54) is 18.2 Å². The number of carboxylic acid groups (broad SMARTS) is 1. The van der Waals surface area contributed by atoms with Gasteiger partial charge in [-0.1, -0.05) is 17.7 Å². The summed E-state index contributed by atoms with van der Waals surface area (Å²) in [7, 11) is -3.61. The SMILES string of the molecule is Cc1ccc(S(=O)(=O)OCC2CO2)cc1.O=C(O)c1ccc([N+](=O)[O-])cc1CC1CO1. The second kappa shape index (κ2) is 9.52. The minimum absolute atomic E-state index is 0.0000964. The molecule has 2 unspecified atom stereocenters. The lowest BCUT2D eigenvalue weighted by Gasteiger charge is -2.03. The highest BCUT2D eigenvalue weighted by Crippen LogP contribution is 2.23. The Bertz CT molecular complexity index is 1060. The highest BCUT2D eigenvalue weighted by molar-refractivity contribution is 7.86. The standard InChI is InChI=1S/C10H9NO5.C10H12O4S/c12-10(13)9-2-1-7(11(14)15)3-6(9)4-8-5-16-8;1-8-2-4-10(5-3-8)15(11,12)14-7-9-6-13-9/h1-3,8H,4-5H2,(H,12,13);2-5,9H,6-7H2,1H3. The van der Waals surface area contributed by atoms with Gasteiger partial charge in [0, 0.05) is 18.6 Å². The van der Waals surface area contributed by atoms with Crippen LogP contribution in [0.3, 0.4) is 0 Å². The Morgan fingerprint density at radius 3 is 2.29 bits per heavy atom. The molecule has 2 aliphatic heterocycles. The summed E-state index contributed by atoms with van der Waals surface area (Å²) in [6.07, 6.45) is 0.355. The van der Waals surface area contributed by atoms with Gasteiger partial charge in [0.2, 0.25) is 0 Å². The summed E-state index contributed by atoms with van der Waals surface area (Å²) >= 11 is 0. The number of ether oxygens (including phenoxy) is 2. The van der Waals surface area contributed by atoms with Gasteiger partial charge in [-0.2, -0.15) is 8.42 Å². The van der Waals surface area contributed by atoms with Crippen LogP contribution in [0.25, 0.3) is 0 Å². The second-order valence-corrected chi connectivity index (χ2v) is 8.69. The van der Waals surface area contributed by atoms with E-state index in [2.05, 4.69) is 0 Å². The summed E-state index contributed by atoms with van der Waals surface area (Å²) < 4.78 is 37.9. The van der Waals surface area contributed by atoms with Crippen LogP contribution in [0.4, 0.5) is 5.69 Å². The zero-order valence-electron chi connectivity index (χ0n) is 16.6. The quantitative estimate of drug-likeness (QED) is 0.276. The fourth-order valence-electron chi connectivity index (χ4n) is 2.61. The van der Waals surface area contributed by atoms with Gasteiger partial charge in [-0.15, -0.1) is 0 Å². The summed E-state index contributed by atoms with van der Waals surface area (Å²) in [5.74, 6) is -1.08. The molecule has 2 aromatic carbocycles. The van der Waals surface area contributed by atoms with Gasteiger partial charge in [-0.3, -0.25) is 14.3 Å². The first-order chi connectivity index (χ1) is 14.7. The fraction of sp³-hybridized carbons (Fsp3) is 0.350. The van der Waals surface area contributed by atoms with E-state index in [1.54, 1.807) is 24.3 Å². The molecule has 2 heterocycles. The predicted octanol–water partition coefficient (Wildman–Crippen LogP) is 2.33. The third kappa shape index (κ3) is 6.82. The Hall–Kier alpha value is -2.86. The molecule has 0 saturated carbocycles. The van der Waals surface area contributed by atoms with Crippen molar-refractivity contribution in [3.63, 3.8) is 0 Å². The Morgan fingerprint density at radius 1 is 1.16 bits per heavy atom. The monoisotopic (exact) mass is 451 g/mol. The summed E-state index contributed by atoms with van der Waals surface area (Å²) in [5, 5.41) is 19.5. The maximum Gasteiger partial charge on any atom is 0.335 e. The molecule has 166 valence electrons. The van der Waals surface area contributed by atoms with Crippen molar-refractivity contribution in [1.29, 1.82) is 0 Å².